The summed E-state index contributed by atoms with van der Waals surface area (Å²) < 4.78 is 42.2. The largest absolute Gasteiger partial charge is 0.493 e. The summed E-state index contributed by atoms with van der Waals surface area (Å²) in [7, 11) is 1.52. The van der Waals surface area contributed by atoms with Gasteiger partial charge in [0.15, 0.2) is 23.1 Å². The Bertz CT molecular complexity index is 1380. The fourth-order valence-electron chi connectivity index (χ4n) is 4.61. The quantitative estimate of drug-likeness (QED) is 0.252. The zero-order valence-electron chi connectivity index (χ0n) is 23.1. The lowest BCUT2D eigenvalue weighted by Crippen LogP contribution is -2.41. The van der Waals surface area contributed by atoms with E-state index in [-0.39, 0.29) is 25.5 Å². The first-order chi connectivity index (χ1) is 19.8. The Hall–Kier alpha value is -4.23. The first-order valence-electron chi connectivity index (χ1n) is 13.4. The molecule has 1 aliphatic rings. The molecule has 2 aromatic carbocycles. The van der Waals surface area contributed by atoms with E-state index in [9.17, 15) is 18.7 Å². The third kappa shape index (κ3) is 7.30. The van der Waals surface area contributed by atoms with Gasteiger partial charge in [-0.1, -0.05) is 13.0 Å². The molecular weight excluding hydrogens is 536 g/mol. The van der Waals surface area contributed by atoms with Gasteiger partial charge >= 0.3 is 0 Å². The molecule has 13 heteroatoms. The Morgan fingerprint density at radius 2 is 2.07 bits per heavy atom. The molecular formula is C28H35F2N7O4. The summed E-state index contributed by atoms with van der Waals surface area (Å²) in [5, 5.41) is 16.6. The van der Waals surface area contributed by atoms with E-state index in [1.807, 2.05) is 0 Å². The van der Waals surface area contributed by atoms with Gasteiger partial charge in [0.05, 0.1) is 50.8 Å². The van der Waals surface area contributed by atoms with Crippen LogP contribution in [0, 0.1) is 11.6 Å². The zero-order valence-corrected chi connectivity index (χ0v) is 23.1. The minimum absolute atomic E-state index is 0.00904. The van der Waals surface area contributed by atoms with E-state index < -0.39 is 17.5 Å². The van der Waals surface area contributed by atoms with Gasteiger partial charge in [-0.3, -0.25) is 9.48 Å². The summed E-state index contributed by atoms with van der Waals surface area (Å²) in [5.41, 5.74) is 6.87. The number of benzene rings is 2. The molecule has 0 fully saturated rings. The van der Waals surface area contributed by atoms with E-state index in [0.29, 0.717) is 47.4 Å². The molecule has 4 rings (SSSR count). The number of hydrogen-bond donors (Lipinski definition) is 3. The van der Waals surface area contributed by atoms with Gasteiger partial charge in [0.25, 0.3) is 0 Å². The predicted octanol–water partition coefficient (Wildman–Crippen LogP) is 3.10. The molecule has 1 amide bonds. The Kier molecular flexibility index (Phi) is 10.1. The number of primary amides is 1. The number of hydrogen-bond acceptors (Lipinski definition) is 8. The Morgan fingerprint density at radius 1 is 1.24 bits per heavy atom. The molecule has 0 bridgehead atoms. The SMILES string of the molecule is CCCN(CCO)CCCOc1cc2c(cc1OC)C(=Nc1cnn(CC(N)=O)c1)N(c1cccc(F)c1F)CN2. The van der Waals surface area contributed by atoms with Crippen LogP contribution in [0.5, 0.6) is 11.5 Å². The number of rotatable bonds is 14. The number of carbonyl (C=O) groups excluding carboxylic acids is 1. The number of amides is 1. The molecule has 0 unspecified atom stereocenters. The van der Waals surface area contributed by atoms with Gasteiger partial charge in [0.1, 0.15) is 18.1 Å². The predicted molar refractivity (Wildman–Crippen MR) is 152 cm³/mol. The molecule has 0 spiro atoms. The monoisotopic (exact) mass is 571 g/mol. The minimum atomic E-state index is -1.01. The normalized spacial score (nSPS) is 13.8. The number of aliphatic hydroxyl groups is 1. The highest BCUT2D eigenvalue weighted by Gasteiger charge is 2.29. The zero-order chi connectivity index (χ0) is 29.4. The van der Waals surface area contributed by atoms with E-state index in [1.54, 1.807) is 12.1 Å². The summed E-state index contributed by atoms with van der Waals surface area (Å²) in [6.45, 7) is 4.90. The van der Waals surface area contributed by atoms with Crippen LogP contribution in [0.1, 0.15) is 25.3 Å². The molecule has 41 heavy (non-hydrogen) atoms. The van der Waals surface area contributed by atoms with E-state index in [2.05, 4.69) is 22.2 Å². The average Bonchev–Trinajstić information content (AvgIpc) is 3.38. The van der Waals surface area contributed by atoms with Gasteiger partial charge in [-0.05, 0) is 37.6 Å². The van der Waals surface area contributed by atoms with Crippen molar-refractivity contribution in [3.63, 3.8) is 0 Å². The van der Waals surface area contributed by atoms with Crippen LogP contribution in [0.25, 0.3) is 0 Å². The van der Waals surface area contributed by atoms with E-state index in [1.165, 1.54) is 41.2 Å². The number of carbonyl (C=O) groups is 1. The number of fused-ring (bicyclic) bond motifs is 1. The van der Waals surface area contributed by atoms with Crippen molar-refractivity contribution in [1.82, 2.24) is 14.7 Å². The van der Waals surface area contributed by atoms with Gasteiger partial charge in [-0.15, -0.1) is 0 Å². The number of ether oxygens (including phenoxy) is 2. The minimum Gasteiger partial charge on any atom is -0.493 e. The highest BCUT2D eigenvalue weighted by molar-refractivity contribution is 6.16. The molecule has 0 atom stereocenters. The van der Waals surface area contributed by atoms with Gasteiger partial charge < -0.3 is 35.4 Å². The lowest BCUT2D eigenvalue weighted by atomic mass is 10.1. The van der Waals surface area contributed by atoms with Crippen molar-refractivity contribution >= 4 is 28.8 Å². The van der Waals surface area contributed by atoms with Crippen molar-refractivity contribution in [2.45, 2.75) is 26.3 Å². The molecule has 3 aromatic rings. The number of nitrogens with zero attached hydrogens (tertiary/aromatic N) is 5. The van der Waals surface area contributed by atoms with Crippen LogP contribution < -0.4 is 25.4 Å². The molecule has 0 aliphatic carbocycles. The van der Waals surface area contributed by atoms with Gasteiger partial charge in [-0.2, -0.15) is 5.10 Å². The number of aliphatic hydroxyl groups excluding tert-OH is 1. The number of aliphatic imine (C=N–C) groups is 1. The smallest absolute Gasteiger partial charge is 0.239 e. The second-order valence-electron chi connectivity index (χ2n) is 9.45. The second kappa shape index (κ2) is 13.9. The lowest BCUT2D eigenvalue weighted by Gasteiger charge is -2.33. The molecule has 220 valence electrons. The molecule has 1 aliphatic heterocycles. The number of anilines is 2. The molecule has 4 N–H and O–H groups in total. The number of nitrogens with one attached hydrogen (secondary N) is 1. The summed E-state index contributed by atoms with van der Waals surface area (Å²) in [6, 6.07) is 7.45. The van der Waals surface area contributed by atoms with E-state index in [0.717, 1.165) is 32.0 Å². The van der Waals surface area contributed by atoms with Gasteiger partial charge in [0.2, 0.25) is 5.91 Å². The third-order valence-electron chi connectivity index (χ3n) is 6.45. The molecule has 11 nitrogen and oxygen atoms in total. The lowest BCUT2D eigenvalue weighted by molar-refractivity contribution is -0.118. The maximum absolute atomic E-state index is 14.9. The van der Waals surface area contributed by atoms with Crippen molar-refractivity contribution in [2.24, 2.45) is 10.7 Å². The topological polar surface area (TPSA) is 130 Å². The van der Waals surface area contributed by atoms with Crippen molar-refractivity contribution in [3.8, 4) is 11.5 Å². The van der Waals surface area contributed by atoms with Crippen molar-refractivity contribution < 1.29 is 28.2 Å². The molecule has 0 saturated heterocycles. The Balaban J connectivity index is 1.66. The summed E-state index contributed by atoms with van der Waals surface area (Å²) in [6.07, 6.45) is 4.73. The molecule has 0 radical (unpaired) electrons. The Morgan fingerprint density at radius 3 is 2.80 bits per heavy atom. The fourth-order valence-corrected chi connectivity index (χ4v) is 4.61. The van der Waals surface area contributed by atoms with Crippen LogP contribution in [-0.2, 0) is 11.3 Å². The highest BCUT2D eigenvalue weighted by Crippen LogP contribution is 2.38. The maximum atomic E-state index is 14.9. The second-order valence-corrected chi connectivity index (χ2v) is 9.45. The van der Waals surface area contributed by atoms with Crippen LogP contribution in [0.15, 0.2) is 47.7 Å². The van der Waals surface area contributed by atoms with E-state index in [4.69, 9.17) is 20.2 Å². The highest BCUT2D eigenvalue weighted by atomic mass is 19.2. The van der Waals surface area contributed by atoms with Crippen molar-refractivity contribution in [1.29, 1.82) is 0 Å². The number of methoxy groups -OCH3 is 1. The average molecular weight is 572 g/mol. The summed E-state index contributed by atoms with van der Waals surface area (Å²) >= 11 is 0. The summed E-state index contributed by atoms with van der Waals surface area (Å²) in [5.74, 6) is -1.30. The number of amidine groups is 1. The number of aromatic nitrogens is 2. The van der Waals surface area contributed by atoms with E-state index >= 15 is 0 Å². The first kappa shape index (κ1) is 29.7. The van der Waals surface area contributed by atoms with Crippen LogP contribution in [0.4, 0.5) is 25.8 Å². The maximum Gasteiger partial charge on any atom is 0.239 e. The first-order valence-corrected chi connectivity index (χ1v) is 13.4. The van der Waals surface area contributed by atoms with Crippen molar-refractivity contribution in [2.75, 3.05) is 56.8 Å². The fraction of sp³-hybridized carbons (Fsp3) is 0.393. The van der Waals surface area contributed by atoms with Gasteiger partial charge in [0, 0.05) is 24.7 Å². The molecule has 2 heterocycles. The Labute approximate surface area is 237 Å². The molecule has 1 aromatic heterocycles. The molecule has 0 saturated carbocycles. The number of halogens is 2. The van der Waals surface area contributed by atoms with Crippen LogP contribution in [0.3, 0.4) is 0 Å². The standard InChI is InChI=1S/C28H35F2N7O4/c1-3-8-35(10-11-38)9-5-12-41-25-14-22-20(13-24(25)40-2)28(34-19-15-33-36(16-19)17-26(31)39)37(18-32-22)23-7-4-6-21(29)27(23)30/h4,6-7,13-16,32,38H,3,5,8-12,17-18H2,1-2H3,(H2,31,39). The van der Waals surface area contributed by atoms with Crippen LogP contribution in [0.2, 0.25) is 0 Å². The third-order valence-corrected chi connectivity index (χ3v) is 6.45. The number of nitrogens with two attached hydrogens (primary N) is 1. The summed E-state index contributed by atoms with van der Waals surface area (Å²) in [4.78, 5) is 19.7. The van der Waals surface area contributed by atoms with Gasteiger partial charge in [-0.25, -0.2) is 13.8 Å². The van der Waals surface area contributed by atoms with Crippen LogP contribution >= 0.6 is 0 Å². The van der Waals surface area contributed by atoms with Crippen LogP contribution in [-0.4, -0.2) is 78.2 Å². The van der Waals surface area contributed by atoms with Crippen molar-refractivity contribution in [3.05, 3.63) is 59.9 Å².